The number of ketones is 1. The van der Waals surface area contributed by atoms with Crippen molar-refractivity contribution in [3.8, 4) is 0 Å². The summed E-state index contributed by atoms with van der Waals surface area (Å²) in [5, 5.41) is 0. The predicted octanol–water partition coefficient (Wildman–Crippen LogP) is 6.76. The summed E-state index contributed by atoms with van der Waals surface area (Å²) in [5.74, 6) is -6.78. The van der Waals surface area contributed by atoms with Gasteiger partial charge < -0.3 is 0 Å². The van der Waals surface area contributed by atoms with Crippen LogP contribution in [0.1, 0.15) is 0 Å². The van der Waals surface area contributed by atoms with Gasteiger partial charge in [0.2, 0.25) is 5.78 Å². The molecular formula is C11F22O. The van der Waals surface area contributed by atoms with Crippen LogP contribution in [0.3, 0.4) is 0 Å². The standard InChI is InChI=1S/C11F22O/c12-2(6(16,17)18,4(14,8(22,23)24)9(25,26)27)1(34)3(13,7(19,20)21)5(15,10(28,29)30)11(31,32)33. The number of carbonyl (C=O) groups is 1. The van der Waals surface area contributed by atoms with Gasteiger partial charge in [0.05, 0.1) is 0 Å². The Morgan fingerprint density at radius 2 is 0.441 bits per heavy atom. The first kappa shape index (κ1) is 32.1. The van der Waals surface area contributed by atoms with Crippen LogP contribution in [0.15, 0.2) is 0 Å². The van der Waals surface area contributed by atoms with Gasteiger partial charge in [0.25, 0.3) is 0 Å². The largest absolute Gasteiger partial charge is 0.435 e. The van der Waals surface area contributed by atoms with Crippen molar-refractivity contribution in [3.63, 3.8) is 0 Å². The predicted molar refractivity (Wildman–Crippen MR) is 56.7 cm³/mol. The lowest BCUT2D eigenvalue weighted by atomic mass is 9.69. The molecule has 23 heteroatoms. The monoisotopic (exact) mass is 566 g/mol. The molecule has 0 aliphatic carbocycles. The maximum atomic E-state index is 14.1. The number of carbonyl (C=O) groups excluding carboxylic acids is 1. The van der Waals surface area contributed by atoms with Crippen LogP contribution in [-0.4, -0.2) is 65.5 Å². The Labute approximate surface area is 168 Å². The van der Waals surface area contributed by atoms with Crippen molar-refractivity contribution >= 4 is 5.78 Å². The van der Waals surface area contributed by atoms with Crippen molar-refractivity contribution in [2.75, 3.05) is 0 Å². The topological polar surface area (TPSA) is 17.1 Å². The van der Waals surface area contributed by atoms with Crippen LogP contribution in [0.4, 0.5) is 96.6 Å². The van der Waals surface area contributed by atoms with E-state index in [1.807, 2.05) is 0 Å². The highest BCUT2D eigenvalue weighted by atomic mass is 19.5. The van der Waals surface area contributed by atoms with Gasteiger partial charge in [0.1, 0.15) is 0 Å². The van der Waals surface area contributed by atoms with Crippen molar-refractivity contribution in [3.05, 3.63) is 0 Å². The van der Waals surface area contributed by atoms with E-state index in [-0.39, 0.29) is 0 Å². The quantitative estimate of drug-likeness (QED) is 0.344. The fourth-order valence-corrected chi connectivity index (χ4v) is 2.30. The number of Topliss-reactive ketones (excluding diaryl/α,β-unsaturated/α-hetero) is 1. The first-order chi connectivity index (χ1) is 14.2. The van der Waals surface area contributed by atoms with E-state index in [2.05, 4.69) is 0 Å². The van der Waals surface area contributed by atoms with Gasteiger partial charge in [-0.15, -0.1) is 0 Å². The van der Waals surface area contributed by atoms with Crippen LogP contribution in [0.2, 0.25) is 0 Å². The first-order valence-corrected chi connectivity index (χ1v) is 6.86. The van der Waals surface area contributed by atoms with E-state index in [4.69, 9.17) is 0 Å². The number of alkyl halides is 22. The van der Waals surface area contributed by atoms with Gasteiger partial charge in [0, 0.05) is 0 Å². The second kappa shape index (κ2) is 7.56. The first-order valence-electron chi connectivity index (χ1n) is 6.86. The summed E-state index contributed by atoms with van der Waals surface area (Å²) >= 11 is 0. The zero-order chi connectivity index (χ0) is 28.6. The summed E-state index contributed by atoms with van der Waals surface area (Å²) in [6.07, 6.45) is -52.5. The molecule has 0 saturated carbocycles. The summed E-state index contributed by atoms with van der Waals surface area (Å²) in [7, 11) is 0. The summed E-state index contributed by atoms with van der Waals surface area (Å²) in [5.41, 5.74) is -37.1. The highest BCUT2D eigenvalue weighted by Gasteiger charge is 3.00. The fourth-order valence-electron chi connectivity index (χ4n) is 2.30. The zero-order valence-corrected chi connectivity index (χ0v) is 14.2. The molecule has 0 aromatic heterocycles. The highest BCUT2D eigenvalue weighted by molar-refractivity contribution is 5.99. The average Bonchev–Trinajstić information content (AvgIpc) is 2.51. The molecule has 0 N–H and O–H groups in total. The molecule has 2 atom stereocenters. The van der Waals surface area contributed by atoms with Crippen molar-refractivity contribution < 1.29 is 101 Å². The van der Waals surface area contributed by atoms with Crippen molar-refractivity contribution in [1.29, 1.82) is 0 Å². The maximum Gasteiger partial charge on any atom is 0.435 e. The minimum atomic E-state index is -9.34. The molecule has 0 aromatic carbocycles. The van der Waals surface area contributed by atoms with E-state index >= 15 is 0 Å². The molecular weight excluding hydrogens is 566 g/mol. The lowest BCUT2D eigenvalue weighted by molar-refractivity contribution is -0.423. The second-order valence-corrected chi connectivity index (χ2v) is 5.95. The fraction of sp³-hybridized carbons (Fsp3) is 0.909. The molecule has 0 aromatic rings. The van der Waals surface area contributed by atoms with E-state index in [0.29, 0.717) is 0 Å². The van der Waals surface area contributed by atoms with Crippen LogP contribution in [0.5, 0.6) is 0 Å². The summed E-state index contributed by atoms with van der Waals surface area (Å²) in [6, 6.07) is 0. The number of halogens is 22. The Hall–Kier alpha value is -1.87. The third-order valence-electron chi connectivity index (χ3n) is 3.92. The Bertz CT molecular complexity index is 678. The zero-order valence-electron chi connectivity index (χ0n) is 14.2. The molecule has 0 aliphatic rings. The minimum Gasteiger partial charge on any atom is -0.291 e. The van der Waals surface area contributed by atoms with Crippen molar-refractivity contribution in [2.24, 2.45) is 0 Å². The highest BCUT2D eigenvalue weighted by Crippen LogP contribution is 2.65. The van der Waals surface area contributed by atoms with Crippen LogP contribution >= 0.6 is 0 Å². The van der Waals surface area contributed by atoms with Crippen LogP contribution < -0.4 is 0 Å². The molecule has 204 valence electrons. The van der Waals surface area contributed by atoms with Crippen LogP contribution in [0, 0.1) is 0 Å². The van der Waals surface area contributed by atoms with E-state index in [0.717, 1.165) is 0 Å². The Morgan fingerprint density at radius 1 is 0.294 bits per heavy atom. The van der Waals surface area contributed by atoms with E-state index in [1.54, 1.807) is 0 Å². The Balaban J connectivity index is 8.24. The number of hydrogen-bond acceptors (Lipinski definition) is 1. The van der Waals surface area contributed by atoms with Crippen LogP contribution in [0.25, 0.3) is 0 Å². The van der Waals surface area contributed by atoms with Gasteiger partial charge in [-0.2, -0.15) is 79.0 Å². The van der Waals surface area contributed by atoms with E-state index in [9.17, 15) is 101 Å². The molecule has 0 bridgehead atoms. The molecule has 0 saturated heterocycles. The van der Waals surface area contributed by atoms with Crippen molar-refractivity contribution in [2.45, 2.75) is 59.7 Å². The van der Waals surface area contributed by atoms with Crippen molar-refractivity contribution in [1.82, 2.24) is 0 Å². The number of hydrogen-bond donors (Lipinski definition) is 0. The molecule has 1 nitrogen and oxygen atoms in total. The molecule has 34 heavy (non-hydrogen) atoms. The molecule has 0 spiro atoms. The average molecular weight is 566 g/mol. The minimum absolute atomic E-state index is 6.78. The lowest BCUT2D eigenvalue weighted by Gasteiger charge is -2.46. The molecule has 0 amide bonds. The van der Waals surface area contributed by atoms with Crippen LogP contribution in [-0.2, 0) is 4.79 Å². The van der Waals surface area contributed by atoms with Gasteiger partial charge in [-0.3, -0.25) is 4.79 Å². The normalized spacial score (nSPS) is 19.5. The molecule has 0 heterocycles. The molecule has 2 unspecified atom stereocenters. The Morgan fingerprint density at radius 3 is 0.529 bits per heavy atom. The molecule has 0 radical (unpaired) electrons. The lowest BCUT2D eigenvalue weighted by Crippen LogP contribution is -2.83. The molecule has 0 aliphatic heterocycles. The van der Waals surface area contributed by atoms with Gasteiger partial charge >= 0.3 is 59.7 Å². The van der Waals surface area contributed by atoms with E-state index in [1.165, 1.54) is 0 Å². The summed E-state index contributed by atoms with van der Waals surface area (Å²) in [6.45, 7) is 0. The molecule has 0 rings (SSSR count). The third kappa shape index (κ3) is 3.79. The van der Waals surface area contributed by atoms with E-state index < -0.39 is 65.5 Å². The maximum absolute atomic E-state index is 14.1. The Kier molecular flexibility index (Phi) is 7.15. The van der Waals surface area contributed by atoms with Gasteiger partial charge in [-0.1, -0.05) is 0 Å². The second-order valence-electron chi connectivity index (χ2n) is 5.95. The third-order valence-corrected chi connectivity index (χ3v) is 3.92. The summed E-state index contributed by atoms with van der Waals surface area (Å²) in [4.78, 5) is 11.2. The van der Waals surface area contributed by atoms with Gasteiger partial charge in [-0.05, 0) is 0 Å². The smallest absolute Gasteiger partial charge is 0.291 e. The van der Waals surface area contributed by atoms with Gasteiger partial charge in [-0.25, -0.2) is 17.6 Å². The summed E-state index contributed by atoms with van der Waals surface area (Å²) < 4.78 is 282. The number of rotatable bonds is 4. The SMILES string of the molecule is O=C(C(F)(C(F)(F)F)C(F)(C(F)(F)F)C(F)(F)F)C(F)(C(F)(F)F)C(F)(C(F)(F)F)C(F)(F)F. The van der Waals surface area contributed by atoms with Gasteiger partial charge in [0.15, 0.2) is 0 Å². The molecule has 0 fully saturated rings.